The van der Waals surface area contributed by atoms with E-state index in [0.717, 1.165) is 29.7 Å². The van der Waals surface area contributed by atoms with E-state index in [1.807, 2.05) is 54.6 Å². The third-order valence-corrected chi connectivity index (χ3v) is 7.29. The first-order valence-electron chi connectivity index (χ1n) is 12.4. The van der Waals surface area contributed by atoms with Crippen LogP contribution in [0, 0.1) is 0 Å². The van der Waals surface area contributed by atoms with Crippen molar-refractivity contribution in [2.24, 2.45) is 5.73 Å². The van der Waals surface area contributed by atoms with Gasteiger partial charge in [-0.2, -0.15) is 0 Å². The molecular formula is C33H28N2O. The van der Waals surface area contributed by atoms with E-state index in [4.69, 9.17) is 5.73 Å². The van der Waals surface area contributed by atoms with Gasteiger partial charge in [0.2, 0.25) is 0 Å². The minimum atomic E-state index is -0.215. The minimum Gasteiger partial charge on any atom is -0.324 e. The van der Waals surface area contributed by atoms with Gasteiger partial charge in [-0.15, -0.1) is 0 Å². The van der Waals surface area contributed by atoms with Crippen LogP contribution in [0.5, 0.6) is 0 Å². The van der Waals surface area contributed by atoms with Crippen LogP contribution in [0.1, 0.15) is 33.8 Å². The van der Waals surface area contributed by atoms with Crippen LogP contribution in [0.25, 0.3) is 21.9 Å². The number of anilines is 1. The van der Waals surface area contributed by atoms with Gasteiger partial charge in [-0.25, -0.2) is 0 Å². The van der Waals surface area contributed by atoms with E-state index in [9.17, 15) is 4.79 Å². The van der Waals surface area contributed by atoms with E-state index >= 15 is 0 Å². The van der Waals surface area contributed by atoms with Crippen LogP contribution in [0.3, 0.4) is 0 Å². The fourth-order valence-corrected chi connectivity index (χ4v) is 5.14. The second kappa shape index (κ2) is 9.10. The summed E-state index contributed by atoms with van der Waals surface area (Å²) in [6, 6.07) is 41.0. The molecule has 3 nitrogen and oxygen atoms in total. The van der Waals surface area contributed by atoms with Crippen molar-refractivity contribution in [1.82, 2.24) is 0 Å². The summed E-state index contributed by atoms with van der Waals surface area (Å²) in [5, 5.41) is 5.52. The maximum Gasteiger partial charge on any atom is 0.255 e. The lowest BCUT2D eigenvalue weighted by Crippen LogP contribution is -2.27. The second-order valence-corrected chi connectivity index (χ2v) is 9.87. The Balaban J connectivity index is 1.09. The number of benzene rings is 5. The van der Waals surface area contributed by atoms with Gasteiger partial charge in [-0.3, -0.25) is 4.79 Å². The molecule has 0 spiro atoms. The van der Waals surface area contributed by atoms with Gasteiger partial charge in [0.05, 0.1) is 0 Å². The smallest absolute Gasteiger partial charge is 0.255 e. The Hall–Kier alpha value is -4.21. The Morgan fingerprint density at radius 1 is 0.750 bits per heavy atom. The number of hydrogen-bond acceptors (Lipinski definition) is 2. The maximum atomic E-state index is 12.8. The van der Waals surface area contributed by atoms with Crippen molar-refractivity contribution in [2.45, 2.75) is 24.3 Å². The molecule has 0 heterocycles. The molecule has 5 aromatic carbocycles. The Bertz CT molecular complexity index is 1520. The number of carbonyl (C=O) groups is 1. The van der Waals surface area contributed by atoms with Crippen molar-refractivity contribution >= 4 is 22.4 Å². The molecule has 0 aliphatic heterocycles. The van der Waals surface area contributed by atoms with E-state index in [1.165, 1.54) is 21.9 Å². The molecule has 6 rings (SSSR count). The number of rotatable bonds is 6. The predicted molar refractivity (Wildman–Crippen MR) is 148 cm³/mol. The Morgan fingerprint density at radius 3 is 2.17 bits per heavy atom. The third-order valence-electron chi connectivity index (χ3n) is 7.29. The fourth-order valence-electron chi connectivity index (χ4n) is 5.14. The van der Waals surface area contributed by atoms with Crippen LogP contribution in [0.15, 0.2) is 121 Å². The van der Waals surface area contributed by atoms with Crippen LogP contribution in [0.4, 0.5) is 5.69 Å². The molecule has 1 aliphatic carbocycles. The molecule has 3 N–H and O–H groups in total. The molecule has 1 fully saturated rings. The molecule has 5 aromatic rings. The highest BCUT2D eigenvalue weighted by Gasteiger charge is 2.51. The summed E-state index contributed by atoms with van der Waals surface area (Å²) in [7, 11) is 0. The molecule has 36 heavy (non-hydrogen) atoms. The van der Waals surface area contributed by atoms with Crippen molar-refractivity contribution in [1.29, 1.82) is 0 Å². The number of nitrogens with two attached hydrogens (primary N) is 1. The first kappa shape index (κ1) is 22.3. The first-order valence-corrected chi connectivity index (χ1v) is 12.4. The summed E-state index contributed by atoms with van der Waals surface area (Å²) < 4.78 is 0. The highest BCUT2D eigenvalue weighted by atomic mass is 16.1. The number of amides is 1. The zero-order valence-electron chi connectivity index (χ0n) is 20.0. The Labute approximate surface area is 211 Å². The van der Waals surface area contributed by atoms with Crippen LogP contribution in [-0.2, 0) is 6.42 Å². The molecule has 0 aromatic heterocycles. The quantitative estimate of drug-likeness (QED) is 0.277. The molecule has 0 bridgehead atoms. The molecular weight excluding hydrogens is 440 g/mol. The van der Waals surface area contributed by atoms with Crippen molar-refractivity contribution in [3.8, 4) is 11.1 Å². The average molecular weight is 469 g/mol. The molecule has 0 radical (unpaired) electrons. The van der Waals surface area contributed by atoms with E-state index in [0.29, 0.717) is 11.5 Å². The highest BCUT2D eigenvalue weighted by molar-refractivity contribution is 6.04. The van der Waals surface area contributed by atoms with Crippen molar-refractivity contribution in [2.75, 3.05) is 5.32 Å². The lowest BCUT2D eigenvalue weighted by atomic mass is 9.97. The van der Waals surface area contributed by atoms with Gasteiger partial charge < -0.3 is 11.1 Å². The SMILES string of the molecule is NC1(Cc2ccc3ccccc3c2)CC1c1ccc(NC(=O)c2ccc(-c3ccccc3)cc2)cc1. The van der Waals surface area contributed by atoms with Crippen LogP contribution in [-0.4, -0.2) is 11.4 Å². The third kappa shape index (κ3) is 4.53. The lowest BCUT2D eigenvalue weighted by molar-refractivity contribution is 0.102. The lowest BCUT2D eigenvalue weighted by Gasteiger charge is -2.13. The average Bonchev–Trinajstić information content (AvgIpc) is 3.59. The minimum absolute atomic E-state index is 0.113. The van der Waals surface area contributed by atoms with Crippen LogP contribution < -0.4 is 11.1 Å². The van der Waals surface area contributed by atoms with Crippen molar-refractivity contribution in [3.05, 3.63) is 138 Å². The molecule has 176 valence electrons. The van der Waals surface area contributed by atoms with E-state index in [-0.39, 0.29) is 11.4 Å². The topological polar surface area (TPSA) is 55.1 Å². The second-order valence-electron chi connectivity index (χ2n) is 9.87. The summed E-state index contributed by atoms with van der Waals surface area (Å²) in [5.41, 5.74) is 12.7. The number of fused-ring (bicyclic) bond motifs is 1. The normalized spacial score (nSPS) is 18.6. The molecule has 1 aliphatic rings. The first-order chi connectivity index (χ1) is 17.6. The van der Waals surface area contributed by atoms with Gasteiger partial charge in [-0.05, 0) is 70.1 Å². The monoisotopic (exact) mass is 468 g/mol. The molecule has 3 heteroatoms. The largest absolute Gasteiger partial charge is 0.324 e. The zero-order chi connectivity index (χ0) is 24.5. The summed E-state index contributed by atoms with van der Waals surface area (Å²) in [4.78, 5) is 12.8. The predicted octanol–water partition coefficient (Wildman–Crippen LogP) is 7.19. The van der Waals surface area contributed by atoms with Gasteiger partial charge >= 0.3 is 0 Å². The van der Waals surface area contributed by atoms with Crippen LogP contribution in [0.2, 0.25) is 0 Å². The van der Waals surface area contributed by atoms with Gasteiger partial charge in [0.1, 0.15) is 0 Å². The molecule has 0 saturated heterocycles. The maximum absolute atomic E-state index is 12.8. The van der Waals surface area contributed by atoms with E-state index in [2.05, 4.69) is 72.0 Å². The van der Waals surface area contributed by atoms with Gasteiger partial charge in [-0.1, -0.05) is 97.1 Å². The van der Waals surface area contributed by atoms with E-state index < -0.39 is 0 Å². The van der Waals surface area contributed by atoms with Crippen molar-refractivity contribution in [3.63, 3.8) is 0 Å². The van der Waals surface area contributed by atoms with Gasteiger partial charge in [0.25, 0.3) is 5.91 Å². The van der Waals surface area contributed by atoms with E-state index in [1.54, 1.807) is 0 Å². The van der Waals surface area contributed by atoms with Gasteiger partial charge in [0, 0.05) is 22.7 Å². The number of hydrogen-bond donors (Lipinski definition) is 2. The molecule has 2 atom stereocenters. The van der Waals surface area contributed by atoms with Crippen molar-refractivity contribution < 1.29 is 4.79 Å². The Morgan fingerprint density at radius 2 is 1.42 bits per heavy atom. The standard InChI is InChI=1S/C33H28N2O/c34-33(21-23-10-11-25-8-4-5-9-29(25)20-23)22-31(33)27-16-18-30(19-17-27)35-32(36)28-14-12-26(13-15-28)24-6-2-1-3-7-24/h1-20,31H,21-22,34H2,(H,35,36). The summed E-state index contributed by atoms with van der Waals surface area (Å²) in [6.07, 6.45) is 1.83. The summed E-state index contributed by atoms with van der Waals surface area (Å²) in [5.74, 6) is 0.220. The fraction of sp³-hybridized carbons (Fsp3) is 0.121. The van der Waals surface area contributed by atoms with Crippen LogP contribution >= 0.6 is 0 Å². The van der Waals surface area contributed by atoms with Gasteiger partial charge in [0.15, 0.2) is 0 Å². The number of carbonyl (C=O) groups excluding carboxylic acids is 1. The Kier molecular flexibility index (Phi) is 5.63. The highest BCUT2D eigenvalue weighted by Crippen LogP contribution is 2.51. The molecule has 2 unspecified atom stereocenters. The number of nitrogens with one attached hydrogen (secondary N) is 1. The molecule has 1 saturated carbocycles. The molecule has 1 amide bonds. The zero-order valence-corrected chi connectivity index (χ0v) is 20.0. The summed E-state index contributed by atoms with van der Waals surface area (Å²) >= 11 is 0. The summed E-state index contributed by atoms with van der Waals surface area (Å²) in [6.45, 7) is 0.